The number of ether oxygens (including phenoxy) is 3. The summed E-state index contributed by atoms with van der Waals surface area (Å²) < 4.78 is 16.6. The number of piperidine rings is 2. The van der Waals surface area contributed by atoms with E-state index in [1.807, 2.05) is 30.3 Å². The van der Waals surface area contributed by atoms with Crippen LogP contribution in [-0.2, 0) is 20.8 Å². The molecule has 5 rings (SSSR count). The van der Waals surface area contributed by atoms with Crippen LogP contribution in [-0.4, -0.2) is 131 Å². The highest BCUT2D eigenvalue weighted by Gasteiger charge is 2.26. The van der Waals surface area contributed by atoms with Gasteiger partial charge in [0.05, 0.1) is 25.4 Å². The van der Waals surface area contributed by atoms with E-state index in [1.165, 1.54) is 12.8 Å². The smallest absolute Gasteiger partial charge is 0.407 e. The van der Waals surface area contributed by atoms with Gasteiger partial charge in [-0.25, -0.2) is 9.59 Å². The molecule has 1 aromatic rings. The zero-order valence-corrected chi connectivity index (χ0v) is 25.7. The SMILES string of the molecule is NCC1CN(CC2CCN(C(N)=O)CC2)CCO1.O=C(NCC1CN(CC2CCNCC2)CCO1)OCc1ccccc1. The summed E-state index contributed by atoms with van der Waals surface area (Å²) in [5, 5.41) is 6.24. The van der Waals surface area contributed by atoms with Gasteiger partial charge in [0.15, 0.2) is 0 Å². The molecule has 4 fully saturated rings. The summed E-state index contributed by atoms with van der Waals surface area (Å²) in [5.74, 6) is 1.45. The third-order valence-electron chi connectivity index (χ3n) is 8.81. The van der Waals surface area contributed by atoms with E-state index in [9.17, 15) is 9.59 Å². The number of likely N-dealkylation sites (tertiary alicyclic amines) is 1. The normalized spacial score (nSPS) is 24.5. The van der Waals surface area contributed by atoms with Crippen molar-refractivity contribution in [1.82, 2.24) is 25.3 Å². The first-order valence-electron chi connectivity index (χ1n) is 16.1. The standard InChI is InChI=1S/C19H29N3O3.C12H24N4O2/c23-19(25-15-17-4-2-1-3-5-17)21-12-18-14-22(10-11-24-18)13-16-6-8-20-9-7-16;13-7-11-9-15(5-6-18-11)8-10-1-3-16(4-2-10)12(14)17/h1-5,16,18,20H,6-15H2,(H,21,23);10-11H,1-9,13H2,(H2,14,17). The number of amides is 3. The molecule has 4 saturated heterocycles. The number of nitrogens with one attached hydrogen (secondary N) is 2. The Morgan fingerprint density at radius 1 is 0.884 bits per heavy atom. The van der Waals surface area contributed by atoms with Crippen molar-refractivity contribution >= 4 is 12.1 Å². The van der Waals surface area contributed by atoms with Crippen LogP contribution < -0.4 is 22.1 Å². The lowest BCUT2D eigenvalue weighted by molar-refractivity contribution is -0.0326. The molecular formula is C31H53N7O5. The van der Waals surface area contributed by atoms with E-state index < -0.39 is 0 Å². The van der Waals surface area contributed by atoms with Crippen LogP contribution in [0.25, 0.3) is 0 Å². The van der Waals surface area contributed by atoms with Crippen molar-refractivity contribution in [2.75, 3.05) is 91.8 Å². The first-order chi connectivity index (χ1) is 21.0. The van der Waals surface area contributed by atoms with Crippen LogP contribution in [0.15, 0.2) is 30.3 Å². The summed E-state index contributed by atoms with van der Waals surface area (Å²) in [7, 11) is 0. The zero-order chi connectivity index (χ0) is 30.3. The number of hydrogen-bond donors (Lipinski definition) is 4. The quantitative estimate of drug-likeness (QED) is 0.325. The van der Waals surface area contributed by atoms with Gasteiger partial charge in [-0.2, -0.15) is 0 Å². The van der Waals surface area contributed by atoms with Gasteiger partial charge < -0.3 is 41.2 Å². The number of rotatable bonds is 9. The number of hydrogen-bond acceptors (Lipinski definition) is 9. The third-order valence-corrected chi connectivity index (χ3v) is 8.81. The van der Waals surface area contributed by atoms with E-state index in [2.05, 4.69) is 20.4 Å². The average Bonchev–Trinajstić information content (AvgIpc) is 3.04. The molecule has 0 aliphatic carbocycles. The Morgan fingerprint density at radius 2 is 1.49 bits per heavy atom. The fourth-order valence-corrected chi connectivity index (χ4v) is 6.26. The van der Waals surface area contributed by atoms with Gasteiger partial charge in [0.2, 0.25) is 0 Å². The van der Waals surface area contributed by atoms with Gasteiger partial charge in [0.25, 0.3) is 0 Å². The number of carbonyl (C=O) groups is 2. The van der Waals surface area contributed by atoms with Gasteiger partial charge >= 0.3 is 12.1 Å². The van der Waals surface area contributed by atoms with Gasteiger partial charge in [-0.3, -0.25) is 9.80 Å². The van der Waals surface area contributed by atoms with Crippen LogP contribution in [0, 0.1) is 11.8 Å². The highest BCUT2D eigenvalue weighted by molar-refractivity contribution is 5.72. The van der Waals surface area contributed by atoms with Crippen LogP contribution >= 0.6 is 0 Å². The van der Waals surface area contributed by atoms with E-state index >= 15 is 0 Å². The van der Waals surface area contributed by atoms with Gasteiger partial charge in [0.1, 0.15) is 6.61 Å². The third kappa shape index (κ3) is 12.2. The molecule has 0 bridgehead atoms. The summed E-state index contributed by atoms with van der Waals surface area (Å²) in [6.07, 6.45) is 4.45. The molecule has 2 unspecified atom stereocenters. The lowest BCUT2D eigenvalue weighted by atomic mass is 9.96. The fraction of sp³-hybridized carbons (Fsp3) is 0.742. The maximum absolute atomic E-state index is 11.8. The number of nitrogens with two attached hydrogens (primary N) is 2. The molecule has 0 aromatic heterocycles. The first-order valence-corrected chi connectivity index (χ1v) is 16.1. The van der Waals surface area contributed by atoms with Crippen LogP contribution in [0.2, 0.25) is 0 Å². The van der Waals surface area contributed by atoms with Crippen molar-refractivity contribution in [3.8, 4) is 0 Å². The van der Waals surface area contributed by atoms with Crippen molar-refractivity contribution in [3.05, 3.63) is 35.9 Å². The molecule has 1 aromatic carbocycles. The van der Waals surface area contributed by atoms with Crippen molar-refractivity contribution < 1.29 is 23.8 Å². The molecule has 12 nitrogen and oxygen atoms in total. The molecule has 4 heterocycles. The maximum atomic E-state index is 11.8. The number of carbonyl (C=O) groups excluding carboxylic acids is 2. The van der Waals surface area contributed by atoms with Crippen molar-refractivity contribution in [2.24, 2.45) is 23.3 Å². The lowest BCUT2D eigenvalue weighted by Crippen LogP contribution is -2.49. The number of primary amides is 1. The highest BCUT2D eigenvalue weighted by atomic mass is 16.5. The predicted molar refractivity (Wildman–Crippen MR) is 166 cm³/mol. The van der Waals surface area contributed by atoms with Crippen molar-refractivity contribution in [1.29, 1.82) is 0 Å². The number of urea groups is 1. The molecule has 4 aliphatic heterocycles. The first kappa shape index (κ1) is 33.4. The summed E-state index contributed by atoms with van der Waals surface area (Å²) in [6, 6.07) is 9.40. The Kier molecular flexibility index (Phi) is 14.3. The van der Waals surface area contributed by atoms with E-state index in [-0.39, 0.29) is 24.3 Å². The molecule has 4 aliphatic rings. The molecule has 242 valence electrons. The van der Waals surface area contributed by atoms with E-state index in [4.69, 9.17) is 25.7 Å². The number of nitrogens with zero attached hydrogens (tertiary/aromatic N) is 3. The van der Waals surface area contributed by atoms with Crippen LogP contribution in [0.3, 0.4) is 0 Å². The number of alkyl carbamates (subject to hydrolysis) is 1. The summed E-state index contributed by atoms with van der Waals surface area (Å²) in [5.41, 5.74) is 11.9. The summed E-state index contributed by atoms with van der Waals surface area (Å²) in [4.78, 5) is 29.5. The molecule has 0 saturated carbocycles. The maximum Gasteiger partial charge on any atom is 0.407 e. The van der Waals surface area contributed by atoms with Crippen molar-refractivity contribution in [2.45, 2.75) is 44.5 Å². The summed E-state index contributed by atoms with van der Waals surface area (Å²) in [6.45, 7) is 12.8. The minimum Gasteiger partial charge on any atom is -0.445 e. The topological polar surface area (TPSA) is 148 Å². The van der Waals surface area contributed by atoms with Crippen LogP contribution in [0.4, 0.5) is 9.59 Å². The molecule has 2 atom stereocenters. The van der Waals surface area contributed by atoms with Gasteiger partial charge in [0, 0.05) is 65.4 Å². The molecule has 6 N–H and O–H groups in total. The second-order valence-corrected chi connectivity index (χ2v) is 12.1. The number of benzene rings is 1. The van der Waals surface area contributed by atoms with E-state index in [1.54, 1.807) is 4.90 Å². The molecule has 0 radical (unpaired) electrons. The average molecular weight is 604 g/mol. The molecule has 12 heteroatoms. The Bertz CT molecular complexity index is 944. The van der Waals surface area contributed by atoms with Crippen LogP contribution in [0.5, 0.6) is 0 Å². The highest BCUT2D eigenvalue weighted by Crippen LogP contribution is 2.19. The van der Waals surface area contributed by atoms with Gasteiger partial charge in [-0.15, -0.1) is 0 Å². The van der Waals surface area contributed by atoms with E-state index in [0.29, 0.717) is 25.6 Å². The second-order valence-electron chi connectivity index (χ2n) is 12.1. The zero-order valence-electron chi connectivity index (χ0n) is 25.7. The van der Waals surface area contributed by atoms with Crippen LogP contribution in [0.1, 0.15) is 31.2 Å². The van der Waals surface area contributed by atoms with Crippen molar-refractivity contribution in [3.63, 3.8) is 0 Å². The summed E-state index contributed by atoms with van der Waals surface area (Å²) >= 11 is 0. The fourth-order valence-electron chi connectivity index (χ4n) is 6.26. The Labute approximate surface area is 256 Å². The predicted octanol–water partition coefficient (Wildman–Crippen LogP) is 1.05. The molecule has 0 spiro atoms. The minimum absolute atomic E-state index is 0.0414. The Morgan fingerprint density at radius 3 is 2.12 bits per heavy atom. The van der Waals surface area contributed by atoms with E-state index in [0.717, 1.165) is 103 Å². The minimum atomic E-state index is -0.386. The van der Waals surface area contributed by atoms with Gasteiger partial charge in [-0.05, 0) is 56.2 Å². The molecule has 43 heavy (non-hydrogen) atoms. The van der Waals surface area contributed by atoms with Gasteiger partial charge in [-0.1, -0.05) is 30.3 Å². The largest absolute Gasteiger partial charge is 0.445 e. The number of morpholine rings is 2. The molecular weight excluding hydrogens is 550 g/mol. The Balaban J connectivity index is 0.000000208. The lowest BCUT2D eigenvalue weighted by Gasteiger charge is -2.37. The second kappa shape index (κ2) is 18.4. The monoisotopic (exact) mass is 603 g/mol. The molecule has 3 amide bonds. The Hall–Kier alpha value is -2.48.